The van der Waals surface area contributed by atoms with Crippen LogP contribution >= 0.6 is 0 Å². The number of nitrogens with two attached hydrogens (primary N) is 1. The largest absolute Gasteiger partial charge is 0.329 e. The molecule has 2 nitrogen and oxygen atoms in total. The van der Waals surface area contributed by atoms with E-state index in [2.05, 4.69) is 0 Å². The summed E-state index contributed by atoms with van der Waals surface area (Å²) in [6.07, 6.45) is 0.856. The van der Waals surface area contributed by atoms with E-state index in [9.17, 15) is 8.78 Å². The van der Waals surface area contributed by atoms with Crippen molar-refractivity contribution in [2.45, 2.75) is 44.7 Å². The summed E-state index contributed by atoms with van der Waals surface area (Å²) in [5, 5.41) is 0. The molecule has 0 saturated carbocycles. The highest BCUT2D eigenvalue weighted by atomic mass is 19.3. The molecule has 0 spiro atoms. The molecule has 1 fully saturated rings. The Morgan fingerprint density at radius 1 is 1.46 bits per heavy atom. The van der Waals surface area contributed by atoms with Gasteiger partial charge in [0.15, 0.2) is 0 Å². The van der Waals surface area contributed by atoms with Crippen LogP contribution in [0.3, 0.4) is 0 Å². The van der Waals surface area contributed by atoms with Crippen molar-refractivity contribution in [2.75, 3.05) is 13.1 Å². The number of rotatable bonds is 3. The first-order chi connectivity index (χ1) is 6.15. The molecule has 2 N–H and O–H groups in total. The molecule has 0 amide bonds. The Balaban J connectivity index is 2.51. The van der Waals surface area contributed by atoms with E-state index in [4.69, 9.17) is 5.73 Å². The number of hydrogen-bond donors (Lipinski definition) is 1. The van der Waals surface area contributed by atoms with E-state index in [-0.39, 0.29) is 18.6 Å². The van der Waals surface area contributed by atoms with E-state index in [1.165, 1.54) is 0 Å². The lowest BCUT2D eigenvalue weighted by molar-refractivity contribution is 0.0234. The first-order valence-electron chi connectivity index (χ1n) is 4.89. The maximum absolute atomic E-state index is 12.2. The van der Waals surface area contributed by atoms with Crippen molar-refractivity contribution in [3.05, 3.63) is 0 Å². The maximum Gasteiger partial charge on any atom is 0.251 e. The van der Waals surface area contributed by atoms with Crippen LogP contribution < -0.4 is 5.73 Å². The van der Waals surface area contributed by atoms with Crippen LogP contribution in [0.2, 0.25) is 0 Å². The molecule has 13 heavy (non-hydrogen) atoms. The van der Waals surface area contributed by atoms with Gasteiger partial charge in [-0.05, 0) is 19.8 Å². The fraction of sp³-hybridized carbons (Fsp3) is 1.00. The monoisotopic (exact) mass is 192 g/mol. The van der Waals surface area contributed by atoms with E-state index in [0.29, 0.717) is 6.54 Å². The standard InChI is InChI=1S/C9H18F2N2/c1-7-3-2-4-8(5-12)13(7)6-9(10)11/h7-9H,2-6,12H2,1H3. The summed E-state index contributed by atoms with van der Waals surface area (Å²) in [6, 6.07) is 0.425. The van der Waals surface area contributed by atoms with E-state index in [1.807, 2.05) is 11.8 Å². The normalized spacial score (nSPS) is 31.2. The molecule has 0 aromatic heterocycles. The second-order valence-corrected chi connectivity index (χ2v) is 3.76. The molecular weight excluding hydrogens is 174 g/mol. The van der Waals surface area contributed by atoms with Crippen molar-refractivity contribution in [1.82, 2.24) is 4.90 Å². The van der Waals surface area contributed by atoms with Crippen LogP contribution in [0, 0.1) is 0 Å². The van der Waals surface area contributed by atoms with Gasteiger partial charge >= 0.3 is 0 Å². The Morgan fingerprint density at radius 2 is 2.15 bits per heavy atom. The van der Waals surface area contributed by atoms with Crippen molar-refractivity contribution in [3.8, 4) is 0 Å². The molecule has 1 saturated heterocycles. The lowest BCUT2D eigenvalue weighted by Gasteiger charge is -2.39. The van der Waals surface area contributed by atoms with Gasteiger partial charge in [0, 0.05) is 18.6 Å². The minimum absolute atomic E-state index is 0.122. The molecular formula is C9H18F2N2. The predicted octanol–water partition coefficient (Wildman–Crippen LogP) is 1.45. The van der Waals surface area contributed by atoms with Crippen LogP contribution in [0.5, 0.6) is 0 Å². The van der Waals surface area contributed by atoms with Crippen molar-refractivity contribution in [3.63, 3.8) is 0 Å². The second kappa shape index (κ2) is 4.86. The third-order valence-corrected chi connectivity index (χ3v) is 2.82. The summed E-state index contributed by atoms with van der Waals surface area (Å²) in [6.45, 7) is 2.38. The summed E-state index contributed by atoms with van der Waals surface area (Å²) in [5.74, 6) is 0. The molecule has 1 aliphatic heterocycles. The van der Waals surface area contributed by atoms with Gasteiger partial charge in [-0.2, -0.15) is 0 Å². The highest BCUT2D eigenvalue weighted by molar-refractivity contribution is 4.83. The molecule has 78 valence electrons. The molecule has 1 aliphatic rings. The summed E-state index contributed by atoms with van der Waals surface area (Å²) < 4.78 is 24.4. The first kappa shape index (κ1) is 10.9. The lowest BCUT2D eigenvalue weighted by Crippen LogP contribution is -2.50. The first-order valence-corrected chi connectivity index (χ1v) is 4.89. The summed E-state index contributed by atoms with van der Waals surface area (Å²) in [5.41, 5.74) is 5.55. The van der Waals surface area contributed by atoms with Crippen molar-refractivity contribution >= 4 is 0 Å². The predicted molar refractivity (Wildman–Crippen MR) is 48.9 cm³/mol. The highest BCUT2D eigenvalue weighted by Crippen LogP contribution is 2.22. The van der Waals surface area contributed by atoms with E-state index < -0.39 is 6.43 Å². The van der Waals surface area contributed by atoms with Crippen LogP contribution in [-0.4, -0.2) is 36.5 Å². The average Bonchev–Trinajstić information content (AvgIpc) is 2.08. The minimum Gasteiger partial charge on any atom is -0.329 e. The molecule has 0 bridgehead atoms. The van der Waals surface area contributed by atoms with Gasteiger partial charge < -0.3 is 5.73 Å². The average molecular weight is 192 g/mol. The molecule has 0 aliphatic carbocycles. The Hall–Kier alpha value is -0.220. The molecule has 1 rings (SSSR count). The van der Waals surface area contributed by atoms with E-state index >= 15 is 0 Å². The smallest absolute Gasteiger partial charge is 0.251 e. The number of hydrogen-bond acceptors (Lipinski definition) is 2. The van der Waals surface area contributed by atoms with Crippen molar-refractivity contribution in [1.29, 1.82) is 0 Å². The quantitative estimate of drug-likeness (QED) is 0.733. The molecule has 0 radical (unpaired) electrons. The summed E-state index contributed by atoms with van der Waals surface area (Å²) in [7, 11) is 0. The summed E-state index contributed by atoms with van der Waals surface area (Å²) >= 11 is 0. The molecule has 1 heterocycles. The summed E-state index contributed by atoms with van der Waals surface area (Å²) in [4.78, 5) is 1.86. The zero-order valence-corrected chi connectivity index (χ0v) is 8.05. The Morgan fingerprint density at radius 3 is 2.69 bits per heavy atom. The van der Waals surface area contributed by atoms with Gasteiger partial charge in [-0.25, -0.2) is 8.78 Å². The van der Waals surface area contributed by atoms with Gasteiger partial charge in [-0.15, -0.1) is 0 Å². The molecule has 0 aromatic rings. The fourth-order valence-electron chi connectivity index (χ4n) is 2.08. The maximum atomic E-state index is 12.2. The molecule has 2 atom stereocenters. The third kappa shape index (κ3) is 2.88. The minimum atomic E-state index is -2.24. The van der Waals surface area contributed by atoms with Gasteiger partial charge in [-0.1, -0.05) is 6.42 Å². The van der Waals surface area contributed by atoms with Crippen molar-refractivity contribution < 1.29 is 8.78 Å². The zero-order valence-electron chi connectivity index (χ0n) is 8.05. The van der Waals surface area contributed by atoms with E-state index in [0.717, 1.165) is 19.3 Å². The van der Waals surface area contributed by atoms with E-state index in [1.54, 1.807) is 0 Å². The van der Waals surface area contributed by atoms with Gasteiger partial charge in [0.25, 0.3) is 6.43 Å². The van der Waals surface area contributed by atoms with Crippen LogP contribution in [0.1, 0.15) is 26.2 Å². The Kier molecular flexibility index (Phi) is 4.06. The fourth-order valence-corrected chi connectivity index (χ4v) is 2.08. The van der Waals surface area contributed by atoms with Gasteiger partial charge in [0.05, 0.1) is 6.54 Å². The Labute approximate surface area is 78.1 Å². The number of halogens is 2. The molecule has 2 unspecified atom stereocenters. The number of alkyl halides is 2. The molecule has 0 aromatic carbocycles. The Bertz CT molecular complexity index is 153. The highest BCUT2D eigenvalue weighted by Gasteiger charge is 2.28. The van der Waals surface area contributed by atoms with Crippen LogP contribution in [-0.2, 0) is 0 Å². The third-order valence-electron chi connectivity index (χ3n) is 2.82. The van der Waals surface area contributed by atoms with Gasteiger partial charge in [0.2, 0.25) is 0 Å². The number of piperidine rings is 1. The van der Waals surface area contributed by atoms with Crippen molar-refractivity contribution in [2.24, 2.45) is 5.73 Å². The lowest BCUT2D eigenvalue weighted by atomic mass is 9.96. The van der Waals surface area contributed by atoms with Gasteiger partial charge in [-0.3, -0.25) is 4.90 Å². The number of likely N-dealkylation sites (tertiary alicyclic amines) is 1. The SMILES string of the molecule is CC1CCCC(CN)N1CC(F)F. The van der Waals surface area contributed by atoms with Crippen LogP contribution in [0.25, 0.3) is 0 Å². The topological polar surface area (TPSA) is 29.3 Å². The van der Waals surface area contributed by atoms with Crippen LogP contribution in [0.15, 0.2) is 0 Å². The zero-order chi connectivity index (χ0) is 9.84. The second-order valence-electron chi connectivity index (χ2n) is 3.76. The molecule has 4 heteroatoms. The van der Waals surface area contributed by atoms with Gasteiger partial charge in [0.1, 0.15) is 0 Å². The van der Waals surface area contributed by atoms with Crippen LogP contribution in [0.4, 0.5) is 8.78 Å². The number of nitrogens with zero attached hydrogens (tertiary/aromatic N) is 1.